The maximum absolute atomic E-state index is 12.1. The van der Waals surface area contributed by atoms with E-state index < -0.39 is 0 Å². The Labute approximate surface area is 141 Å². The zero-order valence-corrected chi connectivity index (χ0v) is 13.9. The molecule has 0 atom stereocenters. The van der Waals surface area contributed by atoms with Crippen LogP contribution in [0, 0.1) is 0 Å². The standard InChI is InChI=1S/C21H21NO2/c1-24-21(23)16-9-3-2-8-15(16)14-22-19-12-6-4-10-17(19)18-11-5-7-13-20(18)22/h2-4,6,8-10,12H,5,7,11,13-14H2,1H3. The summed E-state index contributed by atoms with van der Waals surface area (Å²) in [6.45, 7) is 0.709. The van der Waals surface area contributed by atoms with Crippen LogP contribution in [0.1, 0.15) is 40.0 Å². The molecule has 1 aliphatic rings. The van der Waals surface area contributed by atoms with Crippen LogP contribution in [0.5, 0.6) is 0 Å². The lowest BCUT2D eigenvalue weighted by Crippen LogP contribution is -2.12. The van der Waals surface area contributed by atoms with E-state index in [1.807, 2.05) is 24.3 Å². The van der Waals surface area contributed by atoms with Crippen LogP contribution in [0.2, 0.25) is 0 Å². The molecule has 3 aromatic rings. The van der Waals surface area contributed by atoms with E-state index >= 15 is 0 Å². The number of hydrogen-bond acceptors (Lipinski definition) is 2. The fourth-order valence-electron chi connectivity index (χ4n) is 3.91. The molecule has 122 valence electrons. The number of methoxy groups -OCH3 is 1. The minimum absolute atomic E-state index is 0.268. The second kappa shape index (κ2) is 6.16. The predicted octanol–water partition coefficient (Wildman–Crippen LogP) is 4.36. The number of rotatable bonds is 3. The lowest BCUT2D eigenvalue weighted by molar-refractivity contribution is 0.0599. The quantitative estimate of drug-likeness (QED) is 0.672. The van der Waals surface area contributed by atoms with Gasteiger partial charge in [0.05, 0.1) is 12.7 Å². The van der Waals surface area contributed by atoms with Crippen LogP contribution in [-0.2, 0) is 24.1 Å². The van der Waals surface area contributed by atoms with Crippen molar-refractivity contribution in [3.05, 3.63) is 70.9 Å². The van der Waals surface area contributed by atoms with Gasteiger partial charge in [0.2, 0.25) is 0 Å². The summed E-state index contributed by atoms with van der Waals surface area (Å²) in [5.74, 6) is -0.268. The molecule has 0 N–H and O–H groups in total. The molecule has 0 saturated carbocycles. The molecule has 0 bridgehead atoms. The molecule has 0 saturated heterocycles. The zero-order chi connectivity index (χ0) is 16.5. The van der Waals surface area contributed by atoms with Crippen LogP contribution in [-0.4, -0.2) is 17.6 Å². The molecule has 0 radical (unpaired) electrons. The lowest BCUT2D eigenvalue weighted by atomic mass is 9.95. The number of esters is 1. The fourth-order valence-corrected chi connectivity index (χ4v) is 3.91. The number of para-hydroxylation sites is 1. The Balaban J connectivity index is 1.86. The van der Waals surface area contributed by atoms with Gasteiger partial charge in [-0.1, -0.05) is 36.4 Å². The van der Waals surface area contributed by atoms with E-state index in [0.717, 1.165) is 18.4 Å². The van der Waals surface area contributed by atoms with Crippen molar-refractivity contribution in [1.29, 1.82) is 0 Å². The summed E-state index contributed by atoms with van der Waals surface area (Å²) in [6.07, 6.45) is 4.77. The molecular weight excluding hydrogens is 298 g/mol. The Bertz CT molecular complexity index is 907. The first kappa shape index (κ1) is 15.0. The molecule has 3 heteroatoms. The summed E-state index contributed by atoms with van der Waals surface area (Å²) >= 11 is 0. The van der Waals surface area contributed by atoms with Gasteiger partial charge in [-0.3, -0.25) is 0 Å². The van der Waals surface area contributed by atoms with Crippen molar-refractivity contribution in [2.75, 3.05) is 7.11 Å². The molecule has 3 nitrogen and oxygen atoms in total. The summed E-state index contributed by atoms with van der Waals surface area (Å²) in [6, 6.07) is 16.4. The van der Waals surface area contributed by atoms with Gasteiger partial charge in [-0.2, -0.15) is 0 Å². The highest BCUT2D eigenvalue weighted by molar-refractivity contribution is 5.91. The number of benzene rings is 2. The maximum atomic E-state index is 12.1. The van der Waals surface area contributed by atoms with E-state index in [-0.39, 0.29) is 5.97 Å². The van der Waals surface area contributed by atoms with Crippen molar-refractivity contribution in [3.8, 4) is 0 Å². The molecule has 1 aromatic heterocycles. The van der Waals surface area contributed by atoms with E-state index in [2.05, 4.69) is 28.8 Å². The van der Waals surface area contributed by atoms with Crippen LogP contribution in [0.4, 0.5) is 0 Å². The molecule has 0 unspecified atom stereocenters. The number of hydrogen-bond donors (Lipinski definition) is 0. The van der Waals surface area contributed by atoms with Gasteiger partial charge in [-0.15, -0.1) is 0 Å². The highest BCUT2D eigenvalue weighted by Crippen LogP contribution is 2.33. The van der Waals surface area contributed by atoms with Crippen LogP contribution in [0.15, 0.2) is 48.5 Å². The number of nitrogens with zero attached hydrogens (tertiary/aromatic N) is 1. The van der Waals surface area contributed by atoms with E-state index in [1.165, 1.54) is 42.1 Å². The van der Waals surface area contributed by atoms with Gasteiger partial charge >= 0.3 is 5.97 Å². The Kier molecular flexibility index (Phi) is 3.85. The van der Waals surface area contributed by atoms with Crippen LogP contribution >= 0.6 is 0 Å². The largest absolute Gasteiger partial charge is 0.465 e. The zero-order valence-electron chi connectivity index (χ0n) is 13.9. The summed E-state index contributed by atoms with van der Waals surface area (Å²) in [5, 5.41) is 1.36. The molecule has 4 rings (SSSR count). The molecule has 24 heavy (non-hydrogen) atoms. The van der Waals surface area contributed by atoms with Gasteiger partial charge in [0.1, 0.15) is 0 Å². The van der Waals surface area contributed by atoms with Gasteiger partial charge < -0.3 is 9.30 Å². The second-order valence-corrected chi connectivity index (χ2v) is 6.38. The van der Waals surface area contributed by atoms with Crippen LogP contribution in [0.25, 0.3) is 10.9 Å². The highest BCUT2D eigenvalue weighted by Gasteiger charge is 2.21. The third-order valence-corrected chi connectivity index (χ3v) is 5.04. The molecular formula is C21H21NO2. The van der Waals surface area contributed by atoms with Crippen molar-refractivity contribution in [2.24, 2.45) is 0 Å². The minimum Gasteiger partial charge on any atom is -0.465 e. The first-order chi connectivity index (χ1) is 11.8. The lowest BCUT2D eigenvalue weighted by Gasteiger charge is -2.17. The van der Waals surface area contributed by atoms with Crippen molar-refractivity contribution in [3.63, 3.8) is 0 Å². The summed E-state index contributed by atoms with van der Waals surface area (Å²) < 4.78 is 7.34. The van der Waals surface area contributed by atoms with E-state index in [0.29, 0.717) is 12.1 Å². The first-order valence-corrected chi connectivity index (χ1v) is 8.55. The molecule has 0 spiro atoms. The number of carbonyl (C=O) groups excluding carboxylic acids is 1. The fraction of sp³-hybridized carbons (Fsp3) is 0.286. The Morgan fingerprint density at radius 1 is 1.04 bits per heavy atom. The molecule has 0 fully saturated rings. The number of aromatic nitrogens is 1. The maximum Gasteiger partial charge on any atom is 0.338 e. The normalized spacial score (nSPS) is 13.7. The van der Waals surface area contributed by atoms with Gasteiger partial charge in [-0.05, 0) is 48.9 Å². The van der Waals surface area contributed by atoms with Gasteiger partial charge in [0, 0.05) is 23.1 Å². The third-order valence-electron chi connectivity index (χ3n) is 5.04. The average Bonchev–Trinajstić information content (AvgIpc) is 2.96. The summed E-state index contributed by atoms with van der Waals surface area (Å²) in [5.41, 5.74) is 5.86. The Morgan fingerprint density at radius 2 is 1.79 bits per heavy atom. The average molecular weight is 319 g/mol. The van der Waals surface area contributed by atoms with E-state index in [9.17, 15) is 4.79 Å². The Hall–Kier alpha value is -2.55. The molecule has 0 amide bonds. The number of fused-ring (bicyclic) bond motifs is 3. The van der Waals surface area contributed by atoms with Gasteiger partial charge in [-0.25, -0.2) is 4.79 Å². The Morgan fingerprint density at radius 3 is 2.67 bits per heavy atom. The smallest absolute Gasteiger partial charge is 0.338 e. The number of aryl methyl sites for hydroxylation is 1. The van der Waals surface area contributed by atoms with E-state index in [1.54, 1.807) is 0 Å². The van der Waals surface area contributed by atoms with Gasteiger partial charge in [0.25, 0.3) is 0 Å². The van der Waals surface area contributed by atoms with Crippen molar-refractivity contribution >= 4 is 16.9 Å². The van der Waals surface area contributed by atoms with Gasteiger partial charge in [0.15, 0.2) is 0 Å². The minimum atomic E-state index is -0.268. The third kappa shape index (κ3) is 2.41. The number of carbonyl (C=O) groups is 1. The molecule has 1 heterocycles. The SMILES string of the molecule is COC(=O)c1ccccc1Cn1c2c(c3ccccc31)CCCC2. The topological polar surface area (TPSA) is 31.2 Å². The van der Waals surface area contributed by atoms with Crippen LogP contribution < -0.4 is 0 Å². The molecule has 1 aliphatic carbocycles. The van der Waals surface area contributed by atoms with Crippen LogP contribution in [0.3, 0.4) is 0 Å². The summed E-state index contributed by atoms with van der Waals surface area (Å²) in [4.78, 5) is 12.1. The second-order valence-electron chi connectivity index (χ2n) is 6.38. The number of ether oxygens (including phenoxy) is 1. The highest BCUT2D eigenvalue weighted by atomic mass is 16.5. The van der Waals surface area contributed by atoms with Crippen molar-refractivity contribution in [1.82, 2.24) is 4.57 Å². The predicted molar refractivity (Wildman–Crippen MR) is 95.5 cm³/mol. The monoisotopic (exact) mass is 319 g/mol. The van der Waals surface area contributed by atoms with E-state index in [4.69, 9.17) is 4.74 Å². The molecule has 0 aliphatic heterocycles. The first-order valence-electron chi connectivity index (χ1n) is 8.55. The van der Waals surface area contributed by atoms with Crippen molar-refractivity contribution < 1.29 is 9.53 Å². The molecule has 2 aromatic carbocycles. The summed E-state index contributed by atoms with van der Waals surface area (Å²) in [7, 11) is 1.44. The van der Waals surface area contributed by atoms with Crippen molar-refractivity contribution in [2.45, 2.75) is 32.2 Å².